The molecule has 1 aliphatic rings. The second-order valence-electron chi connectivity index (χ2n) is 1.28. The van der Waals surface area contributed by atoms with Crippen LogP contribution in [0.3, 0.4) is 0 Å². The van der Waals surface area contributed by atoms with E-state index in [4.69, 9.17) is 0 Å². The molecule has 44 valence electrons. The SMILES string of the molecule is C1PCPCP1.Cl. The summed E-state index contributed by atoms with van der Waals surface area (Å²) >= 11 is 0. The van der Waals surface area contributed by atoms with Gasteiger partial charge in [-0.1, -0.05) is 0 Å². The van der Waals surface area contributed by atoms with Crippen molar-refractivity contribution in [2.24, 2.45) is 0 Å². The summed E-state index contributed by atoms with van der Waals surface area (Å²) in [5.74, 6) is 4.69. The van der Waals surface area contributed by atoms with Crippen molar-refractivity contribution < 1.29 is 0 Å². The molecule has 0 atom stereocenters. The van der Waals surface area contributed by atoms with E-state index in [2.05, 4.69) is 0 Å². The zero-order valence-electron chi connectivity index (χ0n) is 4.03. The van der Waals surface area contributed by atoms with Crippen molar-refractivity contribution in [2.75, 3.05) is 17.7 Å². The maximum Gasteiger partial charge on any atom is -0.0169 e. The maximum absolute atomic E-state index is 1.56. The standard InChI is InChI=1S/C3H9P3.ClH/c1-4-2-6-3-5-1;/h4-6H,1-3H2;1H. The van der Waals surface area contributed by atoms with Crippen LogP contribution in [0.1, 0.15) is 0 Å². The van der Waals surface area contributed by atoms with E-state index in [1.165, 1.54) is 25.7 Å². The van der Waals surface area contributed by atoms with E-state index >= 15 is 0 Å². The molecule has 0 bridgehead atoms. The Bertz CT molecular complexity index is 25.7. The van der Waals surface area contributed by atoms with Gasteiger partial charge >= 0.3 is 0 Å². The van der Waals surface area contributed by atoms with Crippen LogP contribution >= 0.6 is 38.1 Å². The first-order valence-electron chi connectivity index (χ1n) is 2.12. The van der Waals surface area contributed by atoms with Crippen molar-refractivity contribution in [3.05, 3.63) is 0 Å². The molecule has 4 heteroatoms. The lowest BCUT2D eigenvalue weighted by atomic mass is 11.8. The molecule has 1 aliphatic heterocycles. The van der Waals surface area contributed by atoms with Crippen molar-refractivity contribution in [1.82, 2.24) is 0 Å². The normalized spacial score (nSPS) is 30.9. The quantitative estimate of drug-likeness (QED) is 0.495. The predicted molar refractivity (Wildman–Crippen MR) is 46.8 cm³/mol. The first-order chi connectivity index (χ1) is 3.00. The molecule has 1 heterocycles. The van der Waals surface area contributed by atoms with Crippen molar-refractivity contribution in [3.8, 4) is 0 Å². The molecule has 1 rings (SSSR count). The second kappa shape index (κ2) is 5.71. The van der Waals surface area contributed by atoms with Gasteiger partial charge in [-0.15, -0.1) is 38.1 Å². The largest absolute Gasteiger partial charge is 0.147 e. The van der Waals surface area contributed by atoms with E-state index in [0.717, 1.165) is 0 Å². The van der Waals surface area contributed by atoms with Crippen molar-refractivity contribution in [1.29, 1.82) is 0 Å². The van der Waals surface area contributed by atoms with Gasteiger partial charge in [-0.25, -0.2) is 0 Å². The fourth-order valence-electron chi connectivity index (χ4n) is 0.453. The Balaban J connectivity index is 0.000000360. The third-order valence-corrected chi connectivity index (χ3v) is 6.75. The molecule has 0 aromatic heterocycles. The van der Waals surface area contributed by atoms with Gasteiger partial charge in [-0.3, -0.25) is 0 Å². The minimum atomic E-state index is 0. The minimum absolute atomic E-state index is 0. The lowest BCUT2D eigenvalue weighted by Gasteiger charge is -2.06. The molecule has 0 aliphatic carbocycles. The monoisotopic (exact) mass is 174 g/mol. The van der Waals surface area contributed by atoms with Gasteiger partial charge in [-0.2, -0.15) is 0 Å². The van der Waals surface area contributed by atoms with E-state index in [9.17, 15) is 0 Å². The molecular formula is C3H10ClP3. The van der Waals surface area contributed by atoms with Crippen LogP contribution < -0.4 is 0 Å². The van der Waals surface area contributed by atoms with Gasteiger partial charge in [0.05, 0.1) is 0 Å². The highest BCUT2D eigenvalue weighted by molar-refractivity contribution is 7.73. The Kier molecular flexibility index (Phi) is 7.00. The van der Waals surface area contributed by atoms with Gasteiger partial charge in [0, 0.05) is 0 Å². The van der Waals surface area contributed by atoms with Crippen LogP contribution in [0, 0.1) is 0 Å². The molecule has 0 amide bonds. The van der Waals surface area contributed by atoms with Crippen LogP contribution in [0.15, 0.2) is 0 Å². The van der Waals surface area contributed by atoms with E-state index in [1.54, 1.807) is 17.7 Å². The lowest BCUT2D eigenvalue weighted by molar-refractivity contribution is 1.95. The average Bonchev–Trinajstić information content (AvgIpc) is 1.72. The molecule has 0 spiro atoms. The number of halogens is 1. The van der Waals surface area contributed by atoms with Gasteiger partial charge in [0.2, 0.25) is 0 Å². The Morgan fingerprint density at radius 1 is 0.714 bits per heavy atom. The minimum Gasteiger partial charge on any atom is -0.147 e. The van der Waals surface area contributed by atoms with Gasteiger partial charge in [-0.05, 0) is 17.7 Å². The Labute approximate surface area is 56.4 Å². The Morgan fingerprint density at radius 2 is 1.00 bits per heavy atom. The lowest BCUT2D eigenvalue weighted by Crippen LogP contribution is -1.74. The zero-order chi connectivity index (χ0) is 4.24. The van der Waals surface area contributed by atoms with Crippen LogP contribution in [0.2, 0.25) is 0 Å². The molecule has 0 radical (unpaired) electrons. The molecule has 0 N–H and O–H groups in total. The molecule has 0 saturated carbocycles. The first-order valence-corrected chi connectivity index (χ1v) is 6.36. The van der Waals surface area contributed by atoms with Crippen LogP contribution in [-0.4, -0.2) is 17.7 Å². The zero-order valence-corrected chi connectivity index (χ0v) is 7.85. The van der Waals surface area contributed by atoms with Crippen LogP contribution in [0.4, 0.5) is 0 Å². The molecular weight excluding hydrogens is 164 g/mol. The van der Waals surface area contributed by atoms with Gasteiger partial charge in [0.1, 0.15) is 0 Å². The maximum atomic E-state index is 1.56. The summed E-state index contributed by atoms with van der Waals surface area (Å²) in [5.41, 5.74) is 0. The highest BCUT2D eigenvalue weighted by Crippen LogP contribution is 2.40. The fourth-order valence-corrected chi connectivity index (χ4v) is 7.45. The first kappa shape index (κ1) is 8.58. The van der Waals surface area contributed by atoms with Crippen molar-refractivity contribution >= 4 is 38.1 Å². The van der Waals surface area contributed by atoms with Gasteiger partial charge in [0.25, 0.3) is 0 Å². The van der Waals surface area contributed by atoms with Gasteiger partial charge in [0.15, 0.2) is 0 Å². The third kappa shape index (κ3) is 4.11. The summed E-state index contributed by atoms with van der Waals surface area (Å²) in [7, 11) is 3.98. The highest BCUT2D eigenvalue weighted by Gasteiger charge is 1.94. The highest BCUT2D eigenvalue weighted by atomic mass is 35.5. The summed E-state index contributed by atoms with van der Waals surface area (Å²) in [6.45, 7) is 0. The van der Waals surface area contributed by atoms with Gasteiger partial charge < -0.3 is 0 Å². The van der Waals surface area contributed by atoms with Crippen LogP contribution in [-0.2, 0) is 0 Å². The molecule has 1 fully saturated rings. The van der Waals surface area contributed by atoms with E-state index in [-0.39, 0.29) is 12.4 Å². The van der Waals surface area contributed by atoms with Crippen LogP contribution in [0.25, 0.3) is 0 Å². The number of rotatable bonds is 0. The van der Waals surface area contributed by atoms with Crippen molar-refractivity contribution in [2.45, 2.75) is 0 Å². The molecule has 7 heavy (non-hydrogen) atoms. The van der Waals surface area contributed by atoms with E-state index in [0.29, 0.717) is 0 Å². The summed E-state index contributed by atoms with van der Waals surface area (Å²) in [6, 6.07) is 0. The van der Waals surface area contributed by atoms with E-state index in [1.807, 2.05) is 0 Å². The second-order valence-corrected chi connectivity index (χ2v) is 7.02. The number of hydrogen-bond acceptors (Lipinski definition) is 0. The fraction of sp³-hybridized carbons (Fsp3) is 1.00. The smallest absolute Gasteiger partial charge is 0.0169 e. The molecule has 1 saturated heterocycles. The summed E-state index contributed by atoms with van der Waals surface area (Å²) < 4.78 is 0. The topological polar surface area (TPSA) is 0 Å². The molecule has 0 unspecified atom stereocenters. The molecule has 0 aromatic carbocycles. The summed E-state index contributed by atoms with van der Waals surface area (Å²) in [5, 5.41) is 0. The van der Waals surface area contributed by atoms with Crippen LogP contribution in [0.5, 0.6) is 0 Å². The summed E-state index contributed by atoms with van der Waals surface area (Å²) in [4.78, 5) is 0. The number of hydrogen-bond donors (Lipinski definition) is 0. The predicted octanol–water partition coefficient (Wildman–Crippen LogP) is 2.33. The third-order valence-electron chi connectivity index (χ3n) is 0.750. The Hall–Kier alpha value is 1.58. The molecule has 0 aromatic rings. The summed E-state index contributed by atoms with van der Waals surface area (Å²) in [6.07, 6.45) is 0. The molecule has 0 nitrogen and oxygen atoms in total. The van der Waals surface area contributed by atoms with Crippen molar-refractivity contribution in [3.63, 3.8) is 0 Å². The Morgan fingerprint density at radius 3 is 1.14 bits per heavy atom. The van der Waals surface area contributed by atoms with E-state index < -0.39 is 0 Å². The average molecular weight is 174 g/mol.